The summed E-state index contributed by atoms with van der Waals surface area (Å²) in [4.78, 5) is 2.58. The standard InChI is InChI=1S/C13H9NO2S2/c1-2-4-13-12(3-1)17-14(18-13)9-5-6-10-11(7-9)16-8-15-10/h1-7H,8H2. The zero-order valence-electron chi connectivity index (χ0n) is 9.33. The Balaban J connectivity index is 1.66. The molecule has 2 aliphatic rings. The van der Waals surface area contributed by atoms with Gasteiger partial charge >= 0.3 is 0 Å². The maximum absolute atomic E-state index is 5.41. The van der Waals surface area contributed by atoms with E-state index in [-0.39, 0.29) is 0 Å². The number of hydrogen-bond acceptors (Lipinski definition) is 5. The lowest BCUT2D eigenvalue weighted by molar-refractivity contribution is 0.174. The number of rotatable bonds is 1. The normalized spacial score (nSPS) is 15.9. The lowest BCUT2D eigenvalue weighted by Gasteiger charge is -2.14. The van der Waals surface area contributed by atoms with E-state index in [1.807, 2.05) is 12.1 Å². The van der Waals surface area contributed by atoms with Crippen molar-refractivity contribution in [2.45, 2.75) is 9.79 Å². The van der Waals surface area contributed by atoms with E-state index in [9.17, 15) is 0 Å². The van der Waals surface area contributed by atoms with Gasteiger partial charge in [0.25, 0.3) is 0 Å². The minimum Gasteiger partial charge on any atom is -0.454 e. The van der Waals surface area contributed by atoms with Crippen molar-refractivity contribution in [1.29, 1.82) is 0 Å². The van der Waals surface area contributed by atoms with E-state index in [4.69, 9.17) is 9.47 Å². The summed E-state index contributed by atoms with van der Waals surface area (Å²) >= 11 is 3.47. The van der Waals surface area contributed by atoms with E-state index in [0.29, 0.717) is 6.79 Å². The Labute approximate surface area is 113 Å². The molecule has 4 rings (SSSR count). The molecule has 0 aliphatic carbocycles. The minimum atomic E-state index is 0.319. The number of nitrogens with zero attached hydrogens (tertiary/aromatic N) is 1. The maximum Gasteiger partial charge on any atom is 0.231 e. The molecule has 0 N–H and O–H groups in total. The van der Waals surface area contributed by atoms with Gasteiger partial charge in [0.1, 0.15) is 0 Å². The summed E-state index contributed by atoms with van der Waals surface area (Å²) < 4.78 is 12.9. The van der Waals surface area contributed by atoms with Gasteiger partial charge in [0.05, 0.1) is 5.69 Å². The van der Waals surface area contributed by atoms with Gasteiger partial charge in [0, 0.05) is 39.8 Å². The highest BCUT2D eigenvalue weighted by Gasteiger charge is 2.23. The van der Waals surface area contributed by atoms with Gasteiger partial charge in [-0.25, -0.2) is 3.71 Å². The summed E-state index contributed by atoms with van der Waals surface area (Å²) in [5, 5.41) is 0. The third-order valence-electron chi connectivity index (χ3n) is 2.78. The number of benzene rings is 2. The molecule has 0 bridgehead atoms. The summed E-state index contributed by atoms with van der Waals surface area (Å²) in [6, 6.07) is 14.4. The van der Waals surface area contributed by atoms with Crippen molar-refractivity contribution in [3.63, 3.8) is 0 Å². The molecule has 0 radical (unpaired) electrons. The molecule has 18 heavy (non-hydrogen) atoms. The molecule has 0 aromatic heterocycles. The lowest BCUT2D eigenvalue weighted by Crippen LogP contribution is -1.97. The lowest BCUT2D eigenvalue weighted by atomic mass is 10.3. The molecule has 0 fully saturated rings. The van der Waals surface area contributed by atoms with E-state index >= 15 is 0 Å². The van der Waals surface area contributed by atoms with E-state index in [1.165, 1.54) is 9.79 Å². The first-order valence-corrected chi connectivity index (χ1v) is 7.09. The Morgan fingerprint density at radius 2 is 1.61 bits per heavy atom. The van der Waals surface area contributed by atoms with Crippen LogP contribution in [0.1, 0.15) is 0 Å². The molecule has 2 aromatic carbocycles. The average molecular weight is 275 g/mol. The average Bonchev–Trinajstić information content (AvgIpc) is 3.04. The van der Waals surface area contributed by atoms with Gasteiger partial charge < -0.3 is 9.47 Å². The molecule has 0 saturated heterocycles. The van der Waals surface area contributed by atoms with Crippen molar-refractivity contribution in [2.24, 2.45) is 0 Å². The zero-order valence-corrected chi connectivity index (χ0v) is 11.0. The zero-order chi connectivity index (χ0) is 11.9. The molecule has 0 atom stereocenters. The first kappa shape index (κ1) is 10.5. The molecular formula is C13H9NO2S2. The summed E-state index contributed by atoms with van der Waals surface area (Å²) in [6.07, 6.45) is 0. The van der Waals surface area contributed by atoms with Crippen LogP contribution in [-0.2, 0) is 0 Å². The number of ether oxygens (including phenoxy) is 2. The predicted octanol–water partition coefficient (Wildman–Crippen LogP) is 3.95. The SMILES string of the molecule is c1ccc2c(c1)SN(c1ccc3c(c1)OCO3)S2. The Morgan fingerprint density at radius 3 is 2.39 bits per heavy atom. The molecule has 3 nitrogen and oxygen atoms in total. The molecule has 2 aromatic rings. The van der Waals surface area contributed by atoms with Gasteiger partial charge in [-0.3, -0.25) is 0 Å². The fourth-order valence-electron chi connectivity index (χ4n) is 1.90. The molecule has 2 aliphatic heterocycles. The quantitative estimate of drug-likeness (QED) is 0.733. The van der Waals surface area contributed by atoms with E-state index in [2.05, 4.69) is 34.0 Å². The molecule has 5 heteroatoms. The summed E-state index contributed by atoms with van der Waals surface area (Å²) in [7, 11) is 0. The summed E-state index contributed by atoms with van der Waals surface area (Å²) in [6.45, 7) is 0.319. The second-order valence-electron chi connectivity index (χ2n) is 3.92. The van der Waals surface area contributed by atoms with Crippen LogP contribution in [0.2, 0.25) is 0 Å². The van der Waals surface area contributed by atoms with Gasteiger partial charge in [0.15, 0.2) is 11.5 Å². The minimum absolute atomic E-state index is 0.319. The summed E-state index contributed by atoms with van der Waals surface area (Å²) in [5.74, 6) is 1.65. The Bertz CT molecular complexity index is 593. The number of hydrogen-bond donors (Lipinski definition) is 0. The third kappa shape index (κ3) is 1.62. The molecule has 0 saturated carbocycles. The van der Waals surface area contributed by atoms with Gasteiger partial charge in [-0.05, 0) is 24.3 Å². The molecule has 0 spiro atoms. The van der Waals surface area contributed by atoms with Crippen LogP contribution in [-0.4, -0.2) is 6.79 Å². The van der Waals surface area contributed by atoms with Crippen molar-refractivity contribution in [3.05, 3.63) is 42.5 Å². The number of fused-ring (bicyclic) bond motifs is 2. The molecule has 2 heterocycles. The first-order chi connectivity index (χ1) is 8.90. The van der Waals surface area contributed by atoms with Crippen LogP contribution in [0.3, 0.4) is 0 Å². The highest BCUT2D eigenvalue weighted by atomic mass is 32.2. The maximum atomic E-state index is 5.41. The van der Waals surface area contributed by atoms with Crippen molar-refractivity contribution in [3.8, 4) is 11.5 Å². The largest absolute Gasteiger partial charge is 0.454 e. The topological polar surface area (TPSA) is 21.7 Å². The van der Waals surface area contributed by atoms with Crippen LogP contribution in [0.25, 0.3) is 0 Å². The third-order valence-corrected chi connectivity index (χ3v) is 5.21. The fourth-order valence-corrected chi connectivity index (χ4v) is 4.15. The highest BCUT2D eigenvalue weighted by molar-refractivity contribution is 8.20. The van der Waals surface area contributed by atoms with Crippen molar-refractivity contribution in [1.82, 2.24) is 0 Å². The van der Waals surface area contributed by atoms with Crippen LogP contribution in [0, 0.1) is 0 Å². The second-order valence-corrected chi connectivity index (χ2v) is 6.13. The first-order valence-electron chi connectivity index (χ1n) is 5.55. The van der Waals surface area contributed by atoms with Crippen LogP contribution in [0.15, 0.2) is 52.3 Å². The Hall–Kier alpha value is -1.46. The van der Waals surface area contributed by atoms with Gasteiger partial charge in [-0.1, -0.05) is 12.1 Å². The van der Waals surface area contributed by atoms with Crippen LogP contribution in [0.4, 0.5) is 5.69 Å². The fraction of sp³-hybridized carbons (Fsp3) is 0.0769. The molecule has 0 amide bonds. The van der Waals surface area contributed by atoms with E-state index < -0.39 is 0 Å². The van der Waals surface area contributed by atoms with E-state index in [1.54, 1.807) is 23.9 Å². The van der Waals surface area contributed by atoms with Crippen molar-refractivity contribution in [2.75, 3.05) is 10.5 Å². The number of anilines is 1. The van der Waals surface area contributed by atoms with Crippen LogP contribution >= 0.6 is 23.9 Å². The smallest absolute Gasteiger partial charge is 0.231 e. The van der Waals surface area contributed by atoms with Crippen LogP contribution < -0.4 is 13.2 Å². The molecule has 0 unspecified atom stereocenters. The molecule has 90 valence electrons. The highest BCUT2D eigenvalue weighted by Crippen LogP contribution is 2.50. The second kappa shape index (κ2) is 4.03. The van der Waals surface area contributed by atoms with Gasteiger partial charge in [-0.2, -0.15) is 0 Å². The Morgan fingerprint density at radius 1 is 0.889 bits per heavy atom. The monoisotopic (exact) mass is 275 g/mol. The van der Waals surface area contributed by atoms with E-state index in [0.717, 1.165) is 17.2 Å². The van der Waals surface area contributed by atoms with Crippen molar-refractivity contribution >= 4 is 29.6 Å². The van der Waals surface area contributed by atoms with Gasteiger partial charge in [-0.15, -0.1) is 0 Å². The van der Waals surface area contributed by atoms with Gasteiger partial charge in [0.2, 0.25) is 6.79 Å². The molecular weight excluding hydrogens is 266 g/mol. The summed E-state index contributed by atoms with van der Waals surface area (Å²) in [5.41, 5.74) is 1.12. The van der Waals surface area contributed by atoms with Crippen LogP contribution in [0.5, 0.6) is 11.5 Å². The van der Waals surface area contributed by atoms with Crippen molar-refractivity contribution < 1.29 is 9.47 Å². The predicted molar refractivity (Wildman–Crippen MR) is 73.2 cm³/mol. The Kier molecular flexibility index (Phi) is 2.34.